The fourth-order valence-electron chi connectivity index (χ4n) is 5.64. The Morgan fingerprint density at radius 3 is 2.24 bits per heavy atom. The molecule has 0 atom stereocenters. The Hall–Kier alpha value is -3.71. The molecule has 1 spiro atoms. The summed E-state index contributed by atoms with van der Waals surface area (Å²) in [5.41, 5.74) is 6.09. The number of likely N-dealkylation sites (tertiary alicyclic amines) is 1. The lowest BCUT2D eigenvalue weighted by Crippen LogP contribution is -2.46. The van der Waals surface area contributed by atoms with E-state index in [0.717, 1.165) is 54.7 Å². The first kappa shape index (κ1) is 25.0. The molecule has 37 heavy (non-hydrogen) atoms. The molecule has 2 heterocycles. The first-order valence-electron chi connectivity index (χ1n) is 12.6. The summed E-state index contributed by atoms with van der Waals surface area (Å²) in [7, 11) is 0. The number of anilines is 1. The minimum atomic E-state index is -0.998. The number of piperidine rings is 1. The first-order chi connectivity index (χ1) is 17.6. The van der Waals surface area contributed by atoms with E-state index >= 15 is 0 Å². The number of carboxylic acid groups (broad SMARTS) is 1. The van der Waals surface area contributed by atoms with Crippen LogP contribution in [-0.2, 0) is 11.3 Å². The van der Waals surface area contributed by atoms with Crippen LogP contribution in [-0.4, -0.2) is 47.3 Å². The maximum Gasteiger partial charge on any atom is 0.415 e. The SMILES string of the molecule is Cc1ccc(-c2c(C)cc(CN3CCC4(CC3)CN(c3ccc(C(=O)O)cc3)C(=O)O4)cc2C)c(F)c1. The van der Waals surface area contributed by atoms with Gasteiger partial charge < -0.3 is 9.84 Å². The van der Waals surface area contributed by atoms with Gasteiger partial charge in [-0.05, 0) is 78.9 Å². The molecular weight excluding hydrogens is 471 g/mol. The fourth-order valence-corrected chi connectivity index (χ4v) is 5.64. The molecule has 2 aliphatic heterocycles. The zero-order valence-corrected chi connectivity index (χ0v) is 21.4. The van der Waals surface area contributed by atoms with Crippen molar-refractivity contribution in [3.05, 3.63) is 88.2 Å². The molecule has 5 rings (SSSR count). The van der Waals surface area contributed by atoms with Gasteiger partial charge in [0.2, 0.25) is 0 Å². The lowest BCUT2D eigenvalue weighted by atomic mass is 9.90. The quantitative estimate of drug-likeness (QED) is 0.456. The summed E-state index contributed by atoms with van der Waals surface area (Å²) in [5.74, 6) is -1.19. The summed E-state index contributed by atoms with van der Waals surface area (Å²) in [4.78, 5) is 27.7. The Labute approximate surface area is 216 Å². The van der Waals surface area contributed by atoms with Gasteiger partial charge in [0.15, 0.2) is 0 Å². The second kappa shape index (κ2) is 9.63. The average molecular weight is 503 g/mol. The van der Waals surface area contributed by atoms with E-state index in [-0.39, 0.29) is 17.5 Å². The van der Waals surface area contributed by atoms with Crippen LogP contribution in [0.25, 0.3) is 11.1 Å². The van der Waals surface area contributed by atoms with Crippen LogP contribution in [0.1, 0.15) is 45.5 Å². The molecule has 2 aliphatic rings. The number of hydrogen-bond acceptors (Lipinski definition) is 4. The number of halogens is 1. The van der Waals surface area contributed by atoms with Crippen LogP contribution in [0.15, 0.2) is 54.6 Å². The van der Waals surface area contributed by atoms with E-state index in [1.807, 2.05) is 32.9 Å². The number of rotatable bonds is 5. The van der Waals surface area contributed by atoms with Crippen LogP contribution in [0, 0.1) is 26.6 Å². The smallest absolute Gasteiger partial charge is 0.415 e. The van der Waals surface area contributed by atoms with Crippen molar-refractivity contribution in [1.82, 2.24) is 4.90 Å². The van der Waals surface area contributed by atoms with Gasteiger partial charge >= 0.3 is 12.1 Å². The fraction of sp³-hybridized carbons (Fsp3) is 0.333. The number of hydrogen-bond donors (Lipinski definition) is 1. The highest BCUT2D eigenvalue weighted by Gasteiger charge is 2.47. The highest BCUT2D eigenvalue weighted by Crippen LogP contribution is 2.37. The Kier molecular flexibility index (Phi) is 6.50. The van der Waals surface area contributed by atoms with Crippen LogP contribution in [0.4, 0.5) is 14.9 Å². The molecule has 0 bridgehead atoms. The normalized spacial score (nSPS) is 17.3. The van der Waals surface area contributed by atoms with Crippen LogP contribution in [0.2, 0.25) is 0 Å². The van der Waals surface area contributed by atoms with Crippen LogP contribution in [0.5, 0.6) is 0 Å². The van der Waals surface area contributed by atoms with Crippen molar-refractivity contribution in [2.24, 2.45) is 0 Å². The Morgan fingerprint density at radius 2 is 1.65 bits per heavy atom. The first-order valence-corrected chi connectivity index (χ1v) is 12.6. The number of benzene rings is 3. The maximum absolute atomic E-state index is 14.7. The molecule has 0 saturated carbocycles. The Morgan fingerprint density at radius 1 is 1.00 bits per heavy atom. The predicted molar refractivity (Wildman–Crippen MR) is 141 cm³/mol. The molecule has 2 saturated heterocycles. The molecule has 1 amide bonds. The van der Waals surface area contributed by atoms with Crippen molar-refractivity contribution in [3.63, 3.8) is 0 Å². The van der Waals surface area contributed by atoms with E-state index in [9.17, 15) is 14.0 Å². The number of nitrogens with zero attached hydrogens (tertiary/aromatic N) is 2. The van der Waals surface area contributed by atoms with E-state index in [4.69, 9.17) is 9.84 Å². The topological polar surface area (TPSA) is 70.1 Å². The molecule has 6 nitrogen and oxygen atoms in total. The van der Waals surface area contributed by atoms with Crippen molar-refractivity contribution >= 4 is 17.7 Å². The lowest BCUT2D eigenvalue weighted by molar-refractivity contribution is -0.000987. The van der Waals surface area contributed by atoms with Crippen LogP contribution < -0.4 is 4.90 Å². The second-order valence-electron chi connectivity index (χ2n) is 10.4. The number of aromatic carboxylic acids is 1. The number of ether oxygens (including phenoxy) is 1. The van der Waals surface area contributed by atoms with Crippen molar-refractivity contribution in [1.29, 1.82) is 0 Å². The van der Waals surface area contributed by atoms with Crippen LogP contribution in [0.3, 0.4) is 0 Å². The molecule has 0 radical (unpaired) electrons. The minimum absolute atomic E-state index is 0.182. The molecule has 192 valence electrons. The van der Waals surface area contributed by atoms with Gasteiger partial charge in [0.25, 0.3) is 0 Å². The number of carbonyl (C=O) groups is 2. The molecule has 0 aromatic heterocycles. The van der Waals surface area contributed by atoms with E-state index < -0.39 is 11.6 Å². The summed E-state index contributed by atoms with van der Waals surface area (Å²) in [6.45, 7) is 8.79. The number of aryl methyl sites for hydroxylation is 3. The molecule has 0 aliphatic carbocycles. The summed E-state index contributed by atoms with van der Waals surface area (Å²) in [6.07, 6.45) is 1.07. The van der Waals surface area contributed by atoms with E-state index in [1.54, 1.807) is 23.1 Å². The highest BCUT2D eigenvalue weighted by atomic mass is 19.1. The van der Waals surface area contributed by atoms with Gasteiger partial charge in [-0.25, -0.2) is 14.0 Å². The summed E-state index contributed by atoms with van der Waals surface area (Å²) in [5, 5.41) is 9.11. The molecule has 1 N–H and O–H groups in total. The van der Waals surface area contributed by atoms with Gasteiger partial charge in [-0.15, -0.1) is 0 Å². The summed E-state index contributed by atoms with van der Waals surface area (Å²) < 4.78 is 20.5. The third-order valence-electron chi connectivity index (χ3n) is 7.56. The molecular formula is C30H31FN2O4. The van der Waals surface area contributed by atoms with Crippen molar-refractivity contribution in [2.45, 2.75) is 45.8 Å². The van der Waals surface area contributed by atoms with Gasteiger partial charge in [-0.1, -0.05) is 24.3 Å². The van der Waals surface area contributed by atoms with Gasteiger partial charge in [-0.3, -0.25) is 9.80 Å². The van der Waals surface area contributed by atoms with E-state index in [0.29, 0.717) is 17.8 Å². The Balaban J connectivity index is 1.24. The zero-order chi connectivity index (χ0) is 26.3. The van der Waals surface area contributed by atoms with E-state index in [2.05, 4.69) is 17.0 Å². The minimum Gasteiger partial charge on any atom is -0.478 e. The van der Waals surface area contributed by atoms with Gasteiger partial charge in [0, 0.05) is 43.7 Å². The standard InChI is InChI=1S/C30H31FN2O4/c1-19-4-9-25(26(31)14-19)27-20(2)15-22(16-21(27)3)17-32-12-10-30(11-13-32)18-33(29(36)37-30)24-7-5-23(6-8-24)28(34)35/h4-9,14-16H,10-13,17-18H2,1-3H3,(H,34,35). The summed E-state index contributed by atoms with van der Waals surface area (Å²) >= 11 is 0. The number of amides is 1. The molecule has 3 aromatic carbocycles. The molecule has 2 fully saturated rings. The monoisotopic (exact) mass is 502 g/mol. The number of carboxylic acids is 1. The summed E-state index contributed by atoms with van der Waals surface area (Å²) in [6, 6.07) is 16.0. The van der Waals surface area contributed by atoms with Gasteiger partial charge in [0.1, 0.15) is 11.4 Å². The zero-order valence-electron chi connectivity index (χ0n) is 21.4. The molecule has 0 unspecified atom stereocenters. The average Bonchev–Trinajstić information content (AvgIpc) is 3.17. The Bertz CT molecular complexity index is 1340. The maximum atomic E-state index is 14.7. The van der Waals surface area contributed by atoms with E-state index in [1.165, 1.54) is 17.7 Å². The predicted octanol–water partition coefficient (Wildman–Crippen LogP) is 6.11. The number of carbonyl (C=O) groups excluding carboxylic acids is 1. The molecule has 7 heteroatoms. The van der Waals surface area contributed by atoms with Gasteiger partial charge in [-0.2, -0.15) is 0 Å². The third-order valence-corrected chi connectivity index (χ3v) is 7.56. The molecule has 3 aromatic rings. The third kappa shape index (κ3) is 4.96. The second-order valence-corrected chi connectivity index (χ2v) is 10.4. The van der Waals surface area contributed by atoms with Crippen molar-refractivity contribution in [2.75, 3.05) is 24.5 Å². The highest BCUT2D eigenvalue weighted by molar-refractivity contribution is 5.92. The lowest BCUT2D eigenvalue weighted by Gasteiger charge is -2.37. The van der Waals surface area contributed by atoms with Gasteiger partial charge in [0.05, 0.1) is 12.1 Å². The van der Waals surface area contributed by atoms with Crippen LogP contribution >= 0.6 is 0 Å². The van der Waals surface area contributed by atoms with Crippen molar-refractivity contribution < 1.29 is 23.8 Å². The van der Waals surface area contributed by atoms with Crippen molar-refractivity contribution in [3.8, 4) is 11.1 Å². The largest absolute Gasteiger partial charge is 0.478 e.